The van der Waals surface area contributed by atoms with Gasteiger partial charge in [-0.25, -0.2) is 15.0 Å². The van der Waals surface area contributed by atoms with Crippen LogP contribution in [0.1, 0.15) is 18.0 Å². The van der Waals surface area contributed by atoms with Crippen molar-refractivity contribution < 1.29 is 0 Å². The lowest BCUT2D eigenvalue weighted by atomic mass is 9.99. The molecule has 3 aliphatic rings. The summed E-state index contributed by atoms with van der Waals surface area (Å²) < 4.78 is 0. The second kappa shape index (κ2) is 6.56. The molecule has 7 heteroatoms. The van der Waals surface area contributed by atoms with E-state index < -0.39 is 0 Å². The van der Waals surface area contributed by atoms with Crippen LogP contribution in [0.5, 0.6) is 0 Å². The van der Waals surface area contributed by atoms with Crippen molar-refractivity contribution in [3.05, 3.63) is 36.1 Å². The van der Waals surface area contributed by atoms with Gasteiger partial charge in [-0.1, -0.05) is 0 Å². The van der Waals surface area contributed by atoms with E-state index in [-0.39, 0.29) is 5.92 Å². The maximum atomic E-state index is 4.80. The minimum Gasteiger partial charge on any atom is -0.371 e. The first-order chi connectivity index (χ1) is 13.2. The Hall–Kier alpha value is -2.54. The van der Waals surface area contributed by atoms with E-state index in [1.165, 1.54) is 13.1 Å². The van der Waals surface area contributed by atoms with Crippen molar-refractivity contribution in [2.24, 2.45) is 16.8 Å². The van der Waals surface area contributed by atoms with E-state index in [4.69, 9.17) is 9.98 Å². The summed E-state index contributed by atoms with van der Waals surface area (Å²) in [5.74, 6) is 3.68. The Morgan fingerprint density at radius 1 is 1.07 bits per heavy atom. The van der Waals surface area contributed by atoms with Crippen LogP contribution in [-0.4, -0.2) is 71.2 Å². The van der Waals surface area contributed by atoms with Crippen molar-refractivity contribution in [1.82, 2.24) is 24.8 Å². The van der Waals surface area contributed by atoms with E-state index >= 15 is 0 Å². The van der Waals surface area contributed by atoms with Gasteiger partial charge in [0.1, 0.15) is 11.3 Å². The molecule has 0 radical (unpaired) electrons. The molecule has 0 spiro atoms. The van der Waals surface area contributed by atoms with Crippen molar-refractivity contribution >= 4 is 23.1 Å². The summed E-state index contributed by atoms with van der Waals surface area (Å²) in [5.41, 5.74) is 2.67. The number of fused-ring (bicyclic) bond motifs is 2. The Bertz CT molecular complexity index is 908. The van der Waals surface area contributed by atoms with Gasteiger partial charge in [0, 0.05) is 57.8 Å². The largest absolute Gasteiger partial charge is 0.371 e. The van der Waals surface area contributed by atoms with Gasteiger partial charge >= 0.3 is 0 Å². The number of hydrogen-bond acceptors (Lipinski definition) is 7. The van der Waals surface area contributed by atoms with Gasteiger partial charge in [0.25, 0.3) is 0 Å². The van der Waals surface area contributed by atoms with E-state index in [0.717, 1.165) is 59.7 Å². The normalized spacial score (nSPS) is 27.9. The van der Waals surface area contributed by atoms with Gasteiger partial charge in [-0.2, -0.15) is 0 Å². The number of anilines is 1. The van der Waals surface area contributed by atoms with Crippen LogP contribution < -0.4 is 5.32 Å². The van der Waals surface area contributed by atoms with Crippen molar-refractivity contribution in [3.8, 4) is 0 Å². The van der Waals surface area contributed by atoms with Crippen LogP contribution in [0.2, 0.25) is 0 Å². The second-order valence-corrected chi connectivity index (χ2v) is 7.90. The molecule has 2 fully saturated rings. The Morgan fingerprint density at radius 3 is 2.56 bits per heavy atom. The van der Waals surface area contributed by atoms with Crippen LogP contribution in [-0.2, 0) is 0 Å². The maximum absolute atomic E-state index is 4.80. The molecule has 140 valence electrons. The molecule has 3 atom stereocenters. The van der Waals surface area contributed by atoms with Gasteiger partial charge in [0.05, 0.1) is 11.2 Å². The zero-order chi connectivity index (χ0) is 18.4. The quantitative estimate of drug-likeness (QED) is 0.899. The van der Waals surface area contributed by atoms with Gasteiger partial charge in [-0.05, 0) is 37.4 Å². The van der Waals surface area contributed by atoms with Crippen LogP contribution in [0.15, 0.2) is 35.3 Å². The first-order valence-electron chi connectivity index (χ1n) is 9.68. The molecule has 0 aromatic carbocycles. The smallest absolute Gasteiger partial charge is 0.154 e. The molecular formula is C20H25N7. The fourth-order valence-corrected chi connectivity index (χ4v) is 4.69. The van der Waals surface area contributed by atoms with Gasteiger partial charge < -0.3 is 15.1 Å². The van der Waals surface area contributed by atoms with Crippen molar-refractivity contribution in [2.75, 3.05) is 45.6 Å². The average molecular weight is 363 g/mol. The number of pyridine rings is 1. The fraction of sp³-hybridized carbons (Fsp3) is 0.500. The molecule has 7 nitrogen and oxygen atoms in total. The summed E-state index contributed by atoms with van der Waals surface area (Å²) in [6.07, 6.45) is 8.67. The summed E-state index contributed by atoms with van der Waals surface area (Å²) >= 11 is 0. The van der Waals surface area contributed by atoms with E-state index in [0.29, 0.717) is 0 Å². The lowest BCUT2D eigenvalue weighted by Crippen LogP contribution is -2.27. The zero-order valence-corrected chi connectivity index (χ0v) is 15.8. The maximum Gasteiger partial charge on any atom is 0.154 e. The molecular weight excluding hydrogens is 338 g/mol. The standard InChI is InChI=1S/C20H25N7/c1-21-20-19-17(22-5-6-23-19)7-16(25-20)13-3-4-18(24-8-13)27-11-14-9-26(2)10-15(14)12-27/h4-8,13-15H,3,9-12H2,1-2H3,(H,21,25). The predicted octanol–water partition coefficient (Wildman–Crippen LogP) is 1.96. The number of allylic oxidation sites excluding steroid dienone is 1. The minimum absolute atomic E-state index is 0.181. The highest BCUT2D eigenvalue weighted by molar-refractivity contribution is 5.86. The lowest BCUT2D eigenvalue weighted by Gasteiger charge is -2.24. The molecule has 1 N–H and O–H groups in total. The van der Waals surface area contributed by atoms with Gasteiger partial charge in [-0.3, -0.25) is 4.98 Å². The summed E-state index contributed by atoms with van der Waals surface area (Å²) in [7, 11) is 4.10. The van der Waals surface area contributed by atoms with Crippen LogP contribution in [0, 0.1) is 11.8 Å². The molecule has 5 heterocycles. The zero-order valence-electron chi connectivity index (χ0n) is 15.8. The molecule has 0 amide bonds. The van der Waals surface area contributed by atoms with Crippen LogP contribution >= 0.6 is 0 Å². The highest BCUT2D eigenvalue weighted by atomic mass is 15.3. The van der Waals surface area contributed by atoms with Gasteiger partial charge in [0.2, 0.25) is 0 Å². The molecule has 2 saturated heterocycles. The SMILES string of the molecule is CNc1nc(C2C=NC(N3CC4CN(C)CC4C3)=CC2)cc2nccnc12. The first-order valence-corrected chi connectivity index (χ1v) is 9.68. The minimum atomic E-state index is 0.181. The van der Waals surface area contributed by atoms with Crippen LogP contribution in [0.3, 0.4) is 0 Å². The molecule has 0 saturated carbocycles. The molecule has 3 unspecified atom stereocenters. The van der Waals surface area contributed by atoms with E-state index in [9.17, 15) is 0 Å². The van der Waals surface area contributed by atoms with E-state index in [2.05, 4.69) is 44.4 Å². The number of hydrogen-bond donors (Lipinski definition) is 1. The monoisotopic (exact) mass is 363 g/mol. The Balaban J connectivity index is 1.33. The molecule has 2 aromatic rings. The number of nitrogens with one attached hydrogen (secondary N) is 1. The average Bonchev–Trinajstić information content (AvgIpc) is 3.24. The van der Waals surface area contributed by atoms with E-state index in [1.54, 1.807) is 12.4 Å². The Kier molecular flexibility index (Phi) is 4.04. The van der Waals surface area contributed by atoms with Gasteiger partial charge in [0.15, 0.2) is 5.82 Å². The number of aromatic nitrogens is 3. The van der Waals surface area contributed by atoms with Crippen molar-refractivity contribution in [3.63, 3.8) is 0 Å². The molecule has 2 aromatic heterocycles. The molecule has 3 aliphatic heterocycles. The summed E-state index contributed by atoms with van der Waals surface area (Å²) in [5, 5.41) is 3.14. The number of rotatable bonds is 3. The van der Waals surface area contributed by atoms with E-state index in [1.807, 2.05) is 13.1 Å². The fourth-order valence-electron chi connectivity index (χ4n) is 4.69. The van der Waals surface area contributed by atoms with Gasteiger partial charge in [-0.15, -0.1) is 0 Å². The molecule has 0 bridgehead atoms. The Morgan fingerprint density at radius 2 is 1.85 bits per heavy atom. The third-order valence-electron chi connectivity index (χ3n) is 6.03. The number of aliphatic imine (C=N–C) groups is 1. The third-order valence-corrected chi connectivity index (χ3v) is 6.03. The topological polar surface area (TPSA) is 69.5 Å². The Labute approximate surface area is 159 Å². The summed E-state index contributed by atoms with van der Waals surface area (Å²) in [4.78, 5) is 23.3. The number of nitrogens with zero attached hydrogens (tertiary/aromatic N) is 6. The van der Waals surface area contributed by atoms with Crippen molar-refractivity contribution in [2.45, 2.75) is 12.3 Å². The second-order valence-electron chi connectivity index (χ2n) is 7.90. The van der Waals surface area contributed by atoms with Crippen LogP contribution in [0.4, 0.5) is 5.82 Å². The highest BCUT2D eigenvalue weighted by Crippen LogP contribution is 2.34. The molecule has 0 aliphatic carbocycles. The summed E-state index contributed by atoms with van der Waals surface area (Å²) in [6, 6.07) is 2.04. The lowest BCUT2D eigenvalue weighted by molar-refractivity contribution is 0.318. The number of likely N-dealkylation sites (tertiary alicyclic amines) is 2. The van der Waals surface area contributed by atoms with Crippen LogP contribution in [0.25, 0.3) is 11.0 Å². The van der Waals surface area contributed by atoms with Crippen molar-refractivity contribution in [1.29, 1.82) is 0 Å². The first kappa shape index (κ1) is 16.6. The third kappa shape index (κ3) is 2.96. The summed E-state index contributed by atoms with van der Waals surface area (Å²) in [6.45, 7) is 4.71. The highest BCUT2D eigenvalue weighted by Gasteiger charge is 2.39. The predicted molar refractivity (Wildman–Crippen MR) is 107 cm³/mol. The molecule has 27 heavy (non-hydrogen) atoms. The molecule has 5 rings (SSSR count).